The summed E-state index contributed by atoms with van der Waals surface area (Å²) in [5, 5.41) is 4.13. The summed E-state index contributed by atoms with van der Waals surface area (Å²) in [6.45, 7) is 1.99. The zero-order chi connectivity index (χ0) is 14.7. The fourth-order valence-corrected chi connectivity index (χ4v) is 2.39. The molecule has 1 heterocycles. The van der Waals surface area contributed by atoms with Gasteiger partial charge in [-0.3, -0.25) is 4.68 Å². The molecule has 0 aliphatic carbocycles. The Hall–Kier alpha value is -1.40. The van der Waals surface area contributed by atoms with Crippen LogP contribution in [0.15, 0.2) is 35.1 Å². The Kier molecular flexibility index (Phi) is 4.77. The number of hydrogen-bond donors (Lipinski definition) is 1. The maximum Gasteiger partial charge on any atom is 0.142 e. The van der Waals surface area contributed by atoms with Crippen LogP contribution in [0, 0.1) is 5.82 Å². The predicted molar refractivity (Wildman–Crippen MR) is 78.9 cm³/mol. The van der Waals surface area contributed by atoms with E-state index in [-0.39, 0.29) is 18.0 Å². The van der Waals surface area contributed by atoms with E-state index in [0.29, 0.717) is 10.2 Å². The standard InChI is InChI=1S/C14H17BrFN3O/c1-3-13(17)14(9-7-18-19(2)8-9)20-12-5-10(15)4-11(16)6-12/h4-8,13-14H,3,17H2,1-2H3. The number of hydrogen-bond acceptors (Lipinski definition) is 3. The number of aromatic nitrogens is 2. The molecule has 6 heteroatoms. The molecule has 2 atom stereocenters. The molecule has 0 aliphatic heterocycles. The second-order valence-electron chi connectivity index (χ2n) is 4.66. The zero-order valence-corrected chi connectivity index (χ0v) is 13.0. The zero-order valence-electron chi connectivity index (χ0n) is 11.4. The third-order valence-electron chi connectivity index (χ3n) is 3.01. The van der Waals surface area contributed by atoms with Crippen LogP contribution in [0.25, 0.3) is 0 Å². The fourth-order valence-electron chi connectivity index (χ4n) is 1.95. The molecule has 0 amide bonds. The van der Waals surface area contributed by atoms with E-state index in [2.05, 4.69) is 21.0 Å². The fraction of sp³-hybridized carbons (Fsp3) is 0.357. The average molecular weight is 342 g/mol. The Morgan fingerprint density at radius 3 is 2.75 bits per heavy atom. The van der Waals surface area contributed by atoms with E-state index in [9.17, 15) is 4.39 Å². The predicted octanol–water partition coefficient (Wildman–Crippen LogP) is 3.18. The Balaban J connectivity index is 2.28. The minimum absolute atomic E-state index is 0.193. The van der Waals surface area contributed by atoms with Crippen LogP contribution in [0.2, 0.25) is 0 Å². The van der Waals surface area contributed by atoms with Gasteiger partial charge in [-0.1, -0.05) is 22.9 Å². The molecule has 2 N–H and O–H groups in total. The second kappa shape index (κ2) is 6.37. The molecule has 1 aromatic carbocycles. The third kappa shape index (κ3) is 3.58. The first kappa shape index (κ1) is 15.0. The SMILES string of the molecule is CCC(N)C(Oc1cc(F)cc(Br)c1)c1cnn(C)c1. The van der Waals surface area contributed by atoms with E-state index in [1.54, 1.807) is 16.9 Å². The van der Waals surface area contributed by atoms with Crippen molar-refractivity contribution in [1.29, 1.82) is 0 Å². The average Bonchev–Trinajstić information content (AvgIpc) is 2.80. The van der Waals surface area contributed by atoms with Gasteiger partial charge in [-0.25, -0.2) is 4.39 Å². The molecular formula is C14H17BrFN3O. The first-order valence-electron chi connectivity index (χ1n) is 6.36. The van der Waals surface area contributed by atoms with Crippen molar-refractivity contribution in [3.63, 3.8) is 0 Å². The number of rotatable bonds is 5. The molecule has 0 bridgehead atoms. The molecule has 2 unspecified atom stereocenters. The molecule has 0 spiro atoms. The van der Waals surface area contributed by atoms with E-state index < -0.39 is 0 Å². The molecule has 108 valence electrons. The van der Waals surface area contributed by atoms with E-state index in [1.165, 1.54) is 12.1 Å². The molecule has 0 saturated heterocycles. The number of halogens is 2. The van der Waals surface area contributed by atoms with E-state index in [1.807, 2.05) is 20.2 Å². The molecule has 4 nitrogen and oxygen atoms in total. The summed E-state index contributed by atoms with van der Waals surface area (Å²) >= 11 is 3.25. The van der Waals surface area contributed by atoms with Gasteiger partial charge in [0.25, 0.3) is 0 Å². The molecule has 20 heavy (non-hydrogen) atoms. The molecule has 0 radical (unpaired) electrons. The van der Waals surface area contributed by atoms with Crippen LogP contribution in [0.5, 0.6) is 5.75 Å². The summed E-state index contributed by atoms with van der Waals surface area (Å²) in [6.07, 6.45) is 3.96. The third-order valence-corrected chi connectivity index (χ3v) is 3.47. The van der Waals surface area contributed by atoms with Crippen LogP contribution in [0.4, 0.5) is 4.39 Å². The largest absolute Gasteiger partial charge is 0.484 e. The molecule has 0 fully saturated rings. The minimum Gasteiger partial charge on any atom is -0.484 e. The van der Waals surface area contributed by atoms with Crippen molar-refractivity contribution in [3.05, 3.63) is 46.4 Å². The topological polar surface area (TPSA) is 53.1 Å². The lowest BCUT2D eigenvalue weighted by atomic mass is 10.0. The normalized spacial score (nSPS) is 14.1. The van der Waals surface area contributed by atoms with Crippen LogP contribution in [-0.2, 0) is 7.05 Å². The molecule has 1 aromatic heterocycles. The van der Waals surface area contributed by atoms with Gasteiger partial charge in [-0.05, 0) is 18.6 Å². The lowest BCUT2D eigenvalue weighted by Crippen LogP contribution is -2.31. The highest BCUT2D eigenvalue weighted by atomic mass is 79.9. The van der Waals surface area contributed by atoms with Crippen molar-refractivity contribution in [2.45, 2.75) is 25.5 Å². The first-order valence-corrected chi connectivity index (χ1v) is 7.15. The smallest absolute Gasteiger partial charge is 0.142 e. The van der Waals surface area contributed by atoms with Crippen molar-refractivity contribution in [2.24, 2.45) is 12.8 Å². The summed E-state index contributed by atoms with van der Waals surface area (Å²) in [7, 11) is 1.83. The quantitative estimate of drug-likeness (QED) is 0.908. The van der Waals surface area contributed by atoms with Gasteiger partial charge in [0.15, 0.2) is 0 Å². The number of benzene rings is 1. The van der Waals surface area contributed by atoms with E-state index in [4.69, 9.17) is 10.5 Å². The van der Waals surface area contributed by atoms with Crippen LogP contribution >= 0.6 is 15.9 Å². The molecule has 0 aliphatic rings. The maximum absolute atomic E-state index is 13.4. The number of nitrogens with two attached hydrogens (primary N) is 1. The van der Waals surface area contributed by atoms with Crippen molar-refractivity contribution in [3.8, 4) is 5.75 Å². The summed E-state index contributed by atoms with van der Waals surface area (Å²) in [5.74, 6) is 0.0824. The van der Waals surface area contributed by atoms with Crippen LogP contribution in [-0.4, -0.2) is 15.8 Å². The van der Waals surface area contributed by atoms with Crippen LogP contribution in [0.3, 0.4) is 0 Å². The second-order valence-corrected chi connectivity index (χ2v) is 5.58. The van der Waals surface area contributed by atoms with Gasteiger partial charge in [0.1, 0.15) is 17.7 Å². The Morgan fingerprint density at radius 1 is 1.45 bits per heavy atom. The summed E-state index contributed by atoms with van der Waals surface area (Å²) < 4.78 is 21.6. The highest BCUT2D eigenvalue weighted by Crippen LogP contribution is 2.28. The molecule has 2 rings (SSSR count). The maximum atomic E-state index is 13.4. The van der Waals surface area contributed by atoms with Gasteiger partial charge in [-0.15, -0.1) is 0 Å². The summed E-state index contributed by atoms with van der Waals surface area (Å²) in [6, 6.07) is 4.25. The Labute approximate surface area is 125 Å². The molecule has 2 aromatic rings. The van der Waals surface area contributed by atoms with Crippen molar-refractivity contribution in [1.82, 2.24) is 9.78 Å². The van der Waals surface area contributed by atoms with Gasteiger partial charge in [-0.2, -0.15) is 5.10 Å². The summed E-state index contributed by atoms with van der Waals surface area (Å²) in [4.78, 5) is 0. The summed E-state index contributed by atoms with van der Waals surface area (Å²) in [5.41, 5.74) is 6.99. The highest BCUT2D eigenvalue weighted by molar-refractivity contribution is 9.10. The van der Waals surface area contributed by atoms with Gasteiger partial charge in [0.05, 0.1) is 6.20 Å². The number of nitrogens with zero attached hydrogens (tertiary/aromatic N) is 2. The number of ether oxygens (including phenoxy) is 1. The van der Waals surface area contributed by atoms with E-state index in [0.717, 1.165) is 12.0 Å². The molecular weight excluding hydrogens is 325 g/mol. The monoisotopic (exact) mass is 341 g/mol. The van der Waals surface area contributed by atoms with Gasteiger partial charge in [0, 0.05) is 35.4 Å². The van der Waals surface area contributed by atoms with Crippen LogP contribution in [0.1, 0.15) is 25.0 Å². The lowest BCUT2D eigenvalue weighted by molar-refractivity contribution is 0.170. The number of aryl methyl sites for hydroxylation is 1. The van der Waals surface area contributed by atoms with Crippen molar-refractivity contribution >= 4 is 15.9 Å². The Bertz CT molecular complexity index is 567. The van der Waals surface area contributed by atoms with E-state index >= 15 is 0 Å². The molecule has 0 saturated carbocycles. The highest BCUT2D eigenvalue weighted by Gasteiger charge is 2.22. The van der Waals surface area contributed by atoms with Gasteiger partial charge in [0.2, 0.25) is 0 Å². The van der Waals surface area contributed by atoms with Crippen LogP contribution < -0.4 is 10.5 Å². The first-order chi connectivity index (χ1) is 9.49. The van der Waals surface area contributed by atoms with Crippen molar-refractivity contribution in [2.75, 3.05) is 0 Å². The minimum atomic E-state index is -0.359. The van der Waals surface area contributed by atoms with Gasteiger partial charge < -0.3 is 10.5 Å². The Morgan fingerprint density at radius 2 is 2.20 bits per heavy atom. The lowest BCUT2D eigenvalue weighted by Gasteiger charge is -2.23. The van der Waals surface area contributed by atoms with Gasteiger partial charge >= 0.3 is 0 Å². The van der Waals surface area contributed by atoms with Crippen molar-refractivity contribution < 1.29 is 9.13 Å².